The van der Waals surface area contributed by atoms with E-state index in [1.54, 1.807) is 23.8 Å². The van der Waals surface area contributed by atoms with Crippen LogP contribution in [0.15, 0.2) is 34.9 Å². The second kappa shape index (κ2) is 7.82. The van der Waals surface area contributed by atoms with Crippen LogP contribution in [0, 0.1) is 0 Å². The number of nitrogens with zero attached hydrogens (tertiary/aromatic N) is 3. The van der Waals surface area contributed by atoms with E-state index in [9.17, 15) is 9.59 Å². The van der Waals surface area contributed by atoms with Crippen LogP contribution in [0.5, 0.6) is 5.75 Å². The first kappa shape index (κ1) is 18.9. The number of benzene rings is 1. The van der Waals surface area contributed by atoms with Crippen molar-refractivity contribution in [2.45, 2.75) is 45.8 Å². The number of hydrogen-bond acceptors (Lipinski definition) is 5. The molecule has 1 fully saturated rings. The molecule has 1 aliphatic heterocycles. The van der Waals surface area contributed by atoms with Crippen molar-refractivity contribution in [3.8, 4) is 5.75 Å². The van der Waals surface area contributed by atoms with Crippen LogP contribution in [0.4, 0.5) is 0 Å². The maximum absolute atomic E-state index is 12.8. The Bertz CT molecular complexity index is 813. The maximum Gasteiger partial charge on any atom is 0.245 e. The number of amides is 2. The first-order valence-corrected chi connectivity index (χ1v) is 9.05. The van der Waals surface area contributed by atoms with Crippen LogP contribution in [0.3, 0.4) is 0 Å². The molecule has 3 rings (SSSR count). The smallest absolute Gasteiger partial charge is 0.245 e. The van der Waals surface area contributed by atoms with Crippen molar-refractivity contribution in [2.24, 2.45) is 0 Å². The fourth-order valence-electron chi connectivity index (χ4n) is 3.10. The van der Waals surface area contributed by atoms with E-state index < -0.39 is 6.04 Å². The van der Waals surface area contributed by atoms with E-state index in [-0.39, 0.29) is 30.8 Å². The first-order chi connectivity index (χ1) is 12.9. The molecule has 0 spiro atoms. The SMILES string of the molecule is COc1ccc(CN2CC(=O)N(Cc3cc(C(C)C)no3)[C@@H](C)C2=O)cc1. The summed E-state index contributed by atoms with van der Waals surface area (Å²) < 4.78 is 10.5. The van der Waals surface area contributed by atoms with E-state index in [0.717, 1.165) is 17.0 Å². The van der Waals surface area contributed by atoms with E-state index in [1.807, 2.05) is 44.2 Å². The normalized spacial score (nSPS) is 17.7. The molecule has 0 bridgehead atoms. The Labute approximate surface area is 158 Å². The lowest BCUT2D eigenvalue weighted by atomic mass is 10.1. The highest BCUT2D eigenvalue weighted by Crippen LogP contribution is 2.21. The number of hydrogen-bond donors (Lipinski definition) is 0. The van der Waals surface area contributed by atoms with E-state index >= 15 is 0 Å². The molecule has 144 valence electrons. The highest BCUT2D eigenvalue weighted by Gasteiger charge is 2.37. The minimum absolute atomic E-state index is 0.0559. The van der Waals surface area contributed by atoms with Gasteiger partial charge in [0.15, 0.2) is 5.76 Å². The molecule has 0 radical (unpaired) electrons. The van der Waals surface area contributed by atoms with E-state index in [4.69, 9.17) is 9.26 Å². The van der Waals surface area contributed by atoms with Gasteiger partial charge < -0.3 is 19.1 Å². The molecule has 2 amide bonds. The van der Waals surface area contributed by atoms with Crippen molar-refractivity contribution in [2.75, 3.05) is 13.7 Å². The number of aromatic nitrogens is 1. The van der Waals surface area contributed by atoms with Crippen LogP contribution >= 0.6 is 0 Å². The predicted octanol–water partition coefficient (Wildman–Crippen LogP) is 2.57. The lowest BCUT2D eigenvalue weighted by Crippen LogP contribution is -2.57. The fourth-order valence-corrected chi connectivity index (χ4v) is 3.10. The molecule has 27 heavy (non-hydrogen) atoms. The molecule has 0 N–H and O–H groups in total. The Balaban J connectivity index is 1.67. The highest BCUT2D eigenvalue weighted by molar-refractivity contribution is 5.94. The third-order valence-corrected chi connectivity index (χ3v) is 4.81. The average molecular weight is 371 g/mol. The summed E-state index contributed by atoms with van der Waals surface area (Å²) in [6, 6.07) is 8.79. The van der Waals surface area contributed by atoms with Crippen LogP contribution in [0.25, 0.3) is 0 Å². The third-order valence-electron chi connectivity index (χ3n) is 4.81. The number of ether oxygens (including phenoxy) is 1. The number of piperazine rings is 1. The molecule has 1 aromatic heterocycles. The van der Waals surface area contributed by atoms with Crippen LogP contribution in [-0.4, -0.2) is 46.5 Å². The van der Waals surface area contributed by atoms with Gasteiger partial charge in [-0.15, -0.1) is 0 Å². The van der Waals surface area contributed by atoms with Crippen LogP contribution in [0.2, 0.25) is 0 Å². The molecule has 7 heteroatoms. The van der Waals surface area contributed by atoms with Gasteiger partial charge in [-0.2, -0.15) is 0 Å². The lowest BCUT2D eigenvalue weighted by molar-refractivity contribution is -0.156. The van der Waals surface area contributed by atoms with Gasteiger partial charge in [-0.3, -0.25) is 9.59 Å². The summed E-state index contributed by atoms with van der Waals surface area (Å²) >= 11 is 0. The summed E-state index contributed by atoms with van der Waals surface area (Å²) in [5.41, 5.74) is 1.80. The van der Waals surface area contributed by atoms with Gasteiger partial charge in [0.1, 0.15) is 18.3 Å². The van der Waals surface area contributed by atoms with Gasteiger partial charge in [-0.05, 0) is 30.5 Å². The summed E-state index contributed by atoms with van der Waals surface area (Å²) in [5, 5.41) is 4.02. The number of carbonyl (C=O) groups is 2. The fraction of sp³-hybridized carbons (Fsp3) is 0.450. The van der Waals surface area contributed by atoms with Crippen molar-refractivity contribution in [1.82, 2.24) is 15.0 Å². The summed E-state index contributed by atoms with van der Waals surface area (Å²) in [7, 11) is 1.61. The lowest BCUT2D eigenvalue weighted by Gasteiger charge is -2.38. The van der Waals surface area contributed by atoms with Crippen molar-refractivity contribution in [3.05, 3.63) is 47.3 Å². The quantitative estimate of drug-likeness (QED) is 0.780. The maximum atomic E-state index is 12.8. The van der Waals surface area contributed by atoms with Gasteiger partial charge in [0.05, 0.1) is 19.3 Å². The molecule has 1 atom stereocenters. The number of rotatable bonds is 6. The zero-order valence-corrected chi connectivity index (χ0v) is 16.1. The van der Waals surface area contributed by atoms with Crippen LogP contribution in [0.1, 0.15) is 43.7 Å². The van der Waals surface area contributed by atoms with E-state index in [2.05, 4.69) is 5.16 Å². The Morgan fingerprint density at radius 2 is 1.93 bits per heavy atom. The minimum atomic E-state index is -0.544. The van der Waals surface area contributed by atoms with Gasteiger partial charge in [-0.25, -0.2) is 0 Å². The largest absolute Gasteiger partial charge is 0.497 e. The van der Waals surface area contributed by atoms with Crippen molar-refractivity contribution in [1.29, 1.82) is 0 Å². The molecule has 7 nitrogen and oxygen atoms in total. The Kier molecular flexibility index (Phi) is 5.48. The van der Waals surface area contributed by atoms with Crippen molar-refractivity contribution < 1.29 is 18.8 Å². The Hall–Kier alpha value is -2.83. The zero-order chi connectivity index (χ0) is 19.6. The first-order valence-electron chi connectivity index (χ1n) is 9.05. The van der Waals surface area contributed by atoms with Gasteiger partial charge in [0.25, 0.3) is 0 Å². The molecule has 1 aromatic carbocycles. The van der Waals surface area contributed by atoms with E-state index in [1.165, 1.54) is 0 Å². The summed E-state index contributed by atoms with van der Waals surface area (Å²) in [6.07, 6.45) is 0. The molecule has 1 aliphatic rings. The monoisotopic (exact) mass is 371 g/mol. The standard InChI is InChI=1S/C20H25N3O4/c1-13(2)18-9-17(27-21-18)11-23-14(3)20(25)22(12-19(23)24)10-15-5-7-16(26-4)8-6-15/h5-9,13-14H,10-12H2,1-4H3/t14-/m0/s1. The topological polar surface area (TPSA) is 75.9 Å². The van der Waals surface area contributed by atoms with Crippen molar-refractivity contribution in [3.63, 3.8) is 0 Å². The van der Waals surface area contributed by atoms with Gasteiger partial charge in [0, 0.05) is 12.6 Å². The van der Waals surface area contributed by atoms with Crippen molar-refractivity contribution >= 4 is 11.8 Å². The molecule has 0 unspecified atom stereocenters. The second-order valence-electron chi connectivity index (χ2n) is 7.11. The molecule has 1 saturated heterocycles. The molecule has 2 heterocycles. The summed E-state index contributed by atoms with van der Waals surface area (Å²) in [4.78, 5) is 28.6. The molecule has 0 aliphatic carbocycles. The Morgan fingerprint density at radius 3 is 2.52 bits per heavy atom. The van der Waals surface area contributed by atoms with Crippen LogP contribution in [-0.2, 0) is 22.7 Å². The second-order valence-corrected chi connectivity index (χ2v) is 7.11. The van der Waals surface area contributed by atoms with E-state index in [0.29, 0.717) is 12.3 Å². The third kappa shape index (κ3) is 4.13. The molecular formula is C20H25N3O4. The van der Waals surface area contributed by atoms with Gasteiger partial charge in [-0.1, -0.05) is 31.1 Å². The number of methoxy groups -OCH3 is 1. The van der Waals surface area contributed by atoms with Gasteiger partial charge in [0.2, 0.25) is 11.8 Å². The average Bonchev–Trinajstić information content (AvgIpc) is 3.13. The van der Waals surface area contributed by atoms with Crippen LogP contribution < -0.4 is 4.74 Å². The minimum Gasteiger partial charge on any atom is -0.497 e. The Morgan fingerprint density at radius 1 is 1.22 bits per heavy atom. The molecule has 2 aromatic rings. The number of carbonyl (C=O) groups excluding carboxylic acids is 2. The molecular weight excluding hydrogens is 346 g/mol. The predicted molar refractivity (Wildman–Crippen MR) is 99.0 cm³/mol. The molecule has 0 saturated carbocycles. The summed E-state index contributed by atoms with van der Waals surface area (Å²) in [5.74, 6) is 1.42. The highest BCUT2D eigenvalue weighted by atomic mass is 16.5. The van der Waals surface area contributed by atoms with Gasteiger partial charge >= 0.3 is 0 Å². The zero-order valence-electron chi connectivity index (χ0n) is 16.1. The summed E-state index contributed by atoms with van der Waals surface area (Å²) in [6.45, 7) is 6.50.